The van der Waals surface area contributed by atoms with Crippen LogP contribution in [0.2, 0.25) is 0 Å². The van der Waals surface area contributed by atoms with Gasteiger partial charge in [-0.25, -0.2) is 0 Å². The molecule has 0 radical (unpaired) electrons. The highest BCUT2D eigenvalue weighted by Crippen LogP contribution is 2.35. The van der Waals surface area contributed by atoms with Gasteiger partial charge in [0.05, 0.1) is 6.10 Å². The highest BCUT2D eigenvalue weighted by atomic mass is 16.5. The van der Waals surface area contributed by atoms with Gasteiger partial charge < -0.3 is 15.0 Å². The Balaban J connectivity index is 1.47. The third-order valence-corrected chi connectivity index (χ3v) is 6.10. The Bertz CT molecular complexity index is 769. The van der Waals surface area contributed by atoms with Crippen LogP contribution in [0.15, 0.2) is 24.3 Å². The largest absolute Gasteiger partial charge is 0.368 e. The topological polar surface area (TPSA) is 75.7 Å². The van der Waals surface area contributed by atoms with Crippen LogP contribution in [0, 0.1) is 5.92 Å². The minimum Gasteiger partial charge on any atom is -0.368 e. The number of carbonyl (C=O) groups excluding carboxylic acids is 3. The zero-order valence-corrected chi connectivity index (χ0v) is 16.5. The molecule has 0 spiro atoms. The van der Waals surface area contributed by atoms with Crippen molar-refractivity contribution in [3.8, 4) is 0 Å². The highest BCUT2D eigenvalue weighted by Gasteiger charge is 2.48. The Kier molecular flexibility index (Phi) is 5.23. The minimum absolute atomic E-state index is 0.0309. The van der Waals surface area contributed by atoms with Crippen LogP contribution < -0.4 is 5.32 Å². The Hall–Kier alpha value is -2.21. The maximum absolute atomic E-state index is 13.2. The standard InChI is InChI=1S/C22H28N2O4/c1-13(2)15-5-7-16(8-6-15)21(26)23-17(11-14-3-4-14)22(27)24-10-9-19-20(24)18(25)12-28-19/h5-8,13-14,17,19-20H,3-4,9-12H2,1-2H3,(H,23,26). The van der Waals surface area contributed by atoms with E-state index >= 15 is 0 Å². The van der Waals surface area contributed by atoms with Crippen LogP contribution in [-0.4, -0.2) is 53.8 Å². The third kappa shape index (κ3) is 3.83. The lowest BCUT2D eigenvalue weighted by Gasteiger charge is -2.27. The fourth-order valence-corrected chi connectivity index (χ4v) is 4.21. The molecule has 4 rings (SSSR count). The van der Waals surface area contributed by atoms with Crippen molar-refractivity contribution < 1.29 is 19.1 Å². The van der Waals surface area contributed by atoms with Gasteiger partial charge >= 0.3 is 0 Å². The fraction of sp³-hybridized carbons (Fsp3) is 0.591. The number of Topliss-reactive ketones (excluding diaryl/α,β-unsaturated/α-hetero) is 1. The molecule has 3 fully saturated rings. The lowest BCUT2D eigenvalue weighted by molar-refractivity contribution is -0.138. The summed E-state index contributed by atoms with van der Waals surface area (Å²) in [5, 5.41) is 2.94. The van der Waals surface area contributed by atoms with Gasteiger partial charge in [-0.3, -0.25) is 14.4 Å². The van der Waals surface area contributed by atoms with Crippen LogP contribution >= 0.6 is 0 Å². The van der Waals surface area contributed by atoms with E-state index in [1.54, 1.807) is 4.90 Å². The van der Waals surface area contributed by atoms with E-state index in [0.717, 1.165) is 12.8 Å². The average molecular weight is 384 g/mol. The van der Waals surface area contributed by atoms with Gasteiger partial charge in [0.25, 0.3) is 5.91 Å². The van der Waals surface area contributed by atoms with Gasteiger partial charge in [0.1, 0.15) is 18.7 Å². The predicted octanol–water partition coefficient (Wildman–Crippen LogP) is 2.28. The van der Waals surface area contributed by atoms with Crippen molar-refractivity contribution in [2.75, 3.05) is 13.2 Å². The van der Waals surface area contributed by atoms with E-state index in [9.17, 15) is 14.4 Å². The molecule has 0 aromatic heterocycles. The number of nitrogens with zero attached hydrogens (tertiary/aromatic N) is 1. The summed E-state index contributed by atoms with van der Waals surface area (Å²) in [4.78, 5) is 39.8. The molecule has 2 amide bonds. The lowest BCUT2D eigenvalue weighted by Crippen LogP contribution is -2.52. The molecule has 3 atom stereocenters. The monoisotopic (exact) mass is 384 g/mol. The number of hydrogen-bond donors (Lipinski definition) is 1. The first-order valence-electron chi connectivity index (χ1n) is 10.3. The van der Waals surface area contributed by atoms with Crippen molar-refractivity contribution in [1.29, 1.82) is 0 Å². The summed E-state index contributed by atoms with van der Waals surface area (Å²) >= 11 is 0. The smallest absolute Gasteiger partial charge is 0.251 e. The molecule has 1 saturated carbocycles. The van der Waals surface area contributed by atoms with Crippen molar-refractivity contribution in [3.05, 3.63) is 35.4 Å². The number of hydrogen-bond acceptors (Lipinski definition) is 4. The summed E-state index contributed by atoms with van der Waals surface area (Å²) in [7, 11) is 0. The molecule has 3 unspecified atom stereocenters. The van der Waals surface area contributed by atoms with E-state index in [2.05, 4.69) is 19.2 Å². The van der Waals surface area contributed by atoms with Crippen LogP contribution in [-0.2, 0) is 14.3 Å². The van der Waals surface area contributed by atoms with E-state index in [-0.39, 0.29) is 30.3 Å². The first kappa shape index (κ1) is 19.1. The lowest BCUT2D eigenvalue weighted by atomic mass is 10.0. The molecular weight excluding hydrogens is 356 g/mol. The summed E-state index contributed by atoms with van der Waals surface area (Å²) in [5.41, 5.74) is 1.72. The van der Waals surface area contributed by atoms with Gasteiger partial charge in [-0.1, -0.05) is 38.8 Å². The normalized spacial score (nSPS) is 25.1. The van der Waals surface area contributed by atoms with Crippen molar-refractivity contribution in [1.82, 2.24) is 10.2 Å². The number of benzene rings is 1. The van der Waals surface area contributed by atoms with E-state index < -0.39 is 12.1 Å². The molecule has 3 aliphatic rings. The first-order chi connectivity index (χ1) is 13.4. The molecule has 2 saturated heterocycles. The number of likely N-dealkylation sites (tertiary alicyclic amines) is 1. The zero-order chi connectivity index (χ0) is 19.8. The summed E-state index contributed by atoms with van der Waals surface area (Å²) < 4.78 is 5.49. The number of ether oxygens (including phenoxy) is 1. The van der Waals surface area contributed by atoms with Gasteiger partial charge in [0.15, 0.2) is 5.78 Å². The predicted molar refractivity (Wildman–Crippen MR) is 104 cm³/mol. The van der Waals surface area contributed by atoms with Crippen LogP contribution in [0.4, 0.5) is 0 Å². The van der Waals surface area contributed by atoms with Gasteiger partial charge in [0.2, 0.25) is 5.91 Å². The molecule has 1 N–H and O–H groups in total. The molecule has 1 aromatic carbocycles. The van der Waals surface area contributed by atoms with Crippen molar-refractivity contribution >= 4 is 17.6 Å². The maximum Gasteiger partial charge on any atom is 0.251 e. The van der Waals surface area contributed by atoms with Crippen LogP contribution in [0.5, 0.6) is 0 Å². The second kappa shape index (κ2) is 7.66. The maximum atomic E-state index is 13.2. The number of rotatable bonds is 6. The molecule has 1 aliphatic carbocycles. The highest BCUT2D eigenvalue weighted by molar-refractivity contribution is 5.99. The Morgan fingerprint density at radius 2 is 1.89 bits per heavy atom. The average Bonchev–Trinajstić information content (AvgIpc) is 3.28. The van der Waals surface area contributed by atoms with Gasteiger partial charge in [-0.05, 0) is 42.4 Å². The molecule has 28 heavy (non-hydrogen) atoms. The number of amides is 2. The molecule has 6 nitrogen and oxygen atoms in total. The Morgan fingerprint density at radius 3 is 2.54 bits per heavy atom. The summed E-state index contributed by atoms with van der Waals surface area (Å²) in [6, 6.07) is 6.47. The van der Waals surface area contributed by atoms with E-state index in [4.69, 9.17) is 4.74 Å². The second-order valence-corrected chi connectivity index (χ2v) is 8.56. The Morgan fingerprint density at radius 1 is 1.18 bits per heavy atom. The van der Waals surface area contributed by atoms with Gasteiger partial charge in [-0.2, -0.15) is 0 Å². The molecule has 6 heteroatoms. The van der Waals surface area contributed by atoms with Crippen LogP contribution in [0.3, 0.4) is 0 Å². The fourth-order valence-electron chi connectivity index (χ4n) is 4.21. The van der Waals surface area contributed by atoms with Crippen molar-refractivity contribution in [2.45, 2.75) is 63.6 Å². The molecule has 1 aromatic rings. The molecular formula is C22H28N2O4. The SMILES string of the molecule is CC(C)c1ccc(C(=O)NC(CC2CC2)C(=O)N2CCC3OCC(=O)C32)cc1. The molecule has 150 valence electrons. The molecule has 0 bridgehead atoms. The number of nitrogens with one attached hydrogen (secondary N) is 1. The summed E-state index contributed by atoms with van der Waals surface area (Å²) in [5.74, 6) is 0.461. The minimum atomic E-state index is -0.586. The quantitative estimate of drug-likeness (QED) is 0.816. The van der Waals surface area contributed by atoms with Crippen molar-refractivity contribution in [2.24, 2.45) is 5.92 Å². The summed E-state index contributed by atoms with van der Waals surface area (Å²) in [6.45, 7) is 4.81. The first-order valence-corrected chi connectivity index (χ1v) is 10.3. The number of carbonyl (C=O) groups is 3. The number of fused-ring (bicyclic) bond motifs is 1. The van der Waals surface area contributed by atoms with Gasteiger partial charge in [-0.15, -0.1) is 0 Å². The van der Waals surface area contributed by atoms with Gasteiger partial charge in [0, 0.05) is 12.1 Å². The van der Waals surface area contributed by atoms with Crippen LogP contribution in [0.25, 0.3) is 0 Å². The second-order valence-electron chi connectivity index (χ2n) is 8.56. The van der Waals surface area contributed by atoms with E-state index in [0.29, 0.717) is 36.8 Å². The molecule has 2 heterocycles. The third-order valence-electron chi connectivity index (χ3n) is 6.10. The van der Waals surface area contributed by atoms with E-state index in [1.807, 2.05) is 24.3 Å². The Labute approximate surface area is 165 Å². The van der Waals surface area contributed by atoms with Crippen LogP contribution in [0.1, 0.15) is 61.4 Å². The molecule has 2 aliphatic heterocycles. The van der Waals surface area contributed by atoms with E-state index in [1.165, 1.54) is 5.56 Å². The number of ketones is 1. The van der Waals surface area contributed by atoms with Crippen molar-refractivity contribution in [3.63, 3.8) is 0 Å². The zero-order valence-electron chi connectivity index (χ0n) is 16.5. The summed E-state index contributed by atoms with van der Waals surface area (Å²) in [6.07, 6.45) is 3.33.